The first-order chi connectivity index (χ1) is 6.21. The summed E-state index contributed by atoms with van der Waals surface area (Å²) in [6.45, 7) is 1.43. The van der Waals surface area contributed by atoms with Crippen molar-refractivity contribution >= 4 is 6.21 Å². The first-order valence-electron chi connectivity index (χ1n) is 4.57. The number of dihydropyridines is 1. The SMILES string of the molecule is NC1=CC=NCC1(N)CC1CCO1. The molecule has 2 rings (SSSR count). The highest BCUT2D eigenvalue weighted by atomic mass is 16.5. The van der Waals surface area contributed by atoms with Crippen molar-refractivity contribution in [3.63, 3.8) is 0 Å². The summed E-state index contributed by atoms with van der Waals surface area (Å²) in [7, 11) is 0. The summed E-state index contributed by atoms with van der Waals surface area (Å²) in [5.74, 6) is 0. The van der Waals surface area contributed by atoms with Crippen molar-refractivity contribution in [1.82, 2.24) is 0 Å². The van der Waals surface area contributed by atoms with Crippen molar-refractivity contribution in [2.75, 3.05) is 13.2 Å². The number of nitrogens with zero attached hydrogens (tertiary/aromatic N) is 1. The molecule has 0 aliphatic carbocycles. The van der Waals surface area contributed by atoms with E-state index in [0.29, 0.717) is 6.54 Å². The van der Waals surface area contributed by atoms with Gasteiger partial charge in [-0.25, -0.2) is 0 Å². The van der Waals surface area contributed by atoms with Crippen LogP contribution in [0.2, 0.25) is 0 Å². The molecule has 2 atom stereocenters. The molecule has 0 spiro atoms. The summed E-state index contributed by atoms with van der Waals surface area (Å²) in [5.41, 5.74) is 12.2. The van der Waals surface area contributed by atoms with Crippen LogP contribution in [0.1, 0.15) is 12.8 Å². The van der Waals surface area contributed by atoms with Crippen LogP contribution < -0.4 is 11.5 Å². The van der Waals surface area contributed by atoms with E-state index in [1.165, 1.54) is 0 Å². The maximum Gasteiger partial charge on any atom is 0.0779 e. The maximum absolute atomic E-state index is 6.13. The van der Waals surface area contributed by atoms with Gasteiger partial charge in [0.05, 0.1) is 18.2 Å². The van der Waals surface area contributed by atoms with Crippen molar-refractivity contribution in [1.29, 1.82) is 0 Å². The third-order valence-corrected chi connectivity index (χ3v) is 2.69. The van der Waals surface area contributed by atoms with Crippen molar-refractivity contribution in [2.45, 2.75) is 24.5 Å². The smallest absolute Gasteiger partial charge is 0.0779 e. The number of aliphatic imine (C=N–C) groups is 1. The lowest BCUT2D eigenvalue weighted by Crippen LogP contribution is -2.53. The molecular weight excluding hydrogens is 166 g/mol. The van der Waals surface area contributed by atoms with E-state index >= 15 is 0 Å². The zero-order valence-electron chi connectivity index (χ0n) is 7.57. The second-order valence-corrected chi connectivity index (χ2v) is 3.75. The molecule has 0 aromatic carbocycles. The normalized spacial score (nSPS) is 38.2. The van der Waals surface area contributed by atoms with E-state index in [1.807, 2.05) is 0 Å². The predicted molar refractivity (Wildman–Crippen MR) is 51.5 cm³/mol. The van der Waals surface area contributed by atoms with E-state index in [0.717, 1.165) is 25.1 Å². The second kappa shape index (κ2) is 3.12. The fourth-order valence-corrected chi connectivity index (χ4v) is 1.64. The molecule has 0 saturated carbocycles. The Morgan fingerprint density at radius 2 is 2.46 bits per heavy atom. The minimum absolute atomic E-state index is 0.283. The molecule has 4 heteroatoms. The third kappa shape index (κ3) is 1.59. The Bertz CT molecular complexity index is 258. The highest BCUT2D eigenvalue weighted by Gasteiger charge is 2.35. The Kier molecular flexibility index (Phi) is 2.09. The topological polar surface area (TPSA) is 73.6 Å². The summed E-state index contributed by atoms with van der Waals surface area (Å²) >= 11 is 0. The van der Waals surface area contributed by atoms with Gasteiger partial charge in [0.25, 0.3) is 0 Å². The summed E-state index contributed by atoms with van der Waals surface area (Å²) in [6.07, 6.45) is 5.65. The Balaban J connectivity index is 2.02. The van der Waals surface area contributed by atoms with E-state index < -0.39 is 5.54 Å². The average molecular weight is 181 g/mol. The van der Waals surface area contributed by atoms with E-state index in [-0.39, 0.29) is 6.10 Å². The highest BCUT2D eigenvalue weighted by molar-refractivity contribution is 5.74. The third-order valence-electron chi connectivity index (χ3n) is 2.69. The summed E-state index contributed by atoms with van der Waals surface area (Å²) < 4.78 is 5.33. The zero-order valence-corrected chi connectivity index (χ0v) is 7.57. The molecule has 1 fully saturated rings. The molecule has 0 bridgehead atoms. The molecular formula is C9H15N3O. The largest absolute Gasteiger partial charge is 0.400 e. The number of nitrogens with two attached hydrogens (primary N) is 2. The van der Waals surface area contributed by atoms with Gasteiger partial charge in [0.15, 0.2) is 0 Å². The summed E-state index contributed by atoms with van der Waals surface area (Å²) in [5, 5.41) is 0. The molecule has 0 aromatic rings. The van der Waals surface area contributed by atoms with Gasteiger partial charge in [-0.3, -0.25) is 4.99 Å². The quantitative estimate of drug-likeness (QED) is 0.619. The van der Waals surface area contributed by atoms with Crippen molar-refractivity contribution in [3.8, 4) is 0 Å². The van der Waals surface area contributed by atoms with Gasteiger partial charge in [0, 0.05) is 18.5 Å². The van der Waals surface area contributed by atoms with Gasteiger partial charge >= 0.3 is 0 Å². The number of ether oxygens (including phenoxy) is 1. The van der Waals surface area contributed by atoms with Gasteiger partial charge < -0.3 is 16.2 Å². The Morgan fingerprint density at radius 3 is 3.00 bits per heavy atom. The van der Waals surface area contributed by atoms with Gasteiger partial charge in [0.2, 0.25) is 0 Å². The molecule has 13 heavy (non-hydrogen) atoms. The van der Waals surface area contributed by atoms with E-state index in [1.54, 1.807) is 12.3 Å². The lowest BCUT2D eigenvalue weighted by atomic mass is 9.86. The van der Waals surface area contributed by atoms with Crippen LogP contribution in [-0.2, 0) is 4.74 Å². The van der Waals surface area contributed by atoms with Gasteiger partial charge in [-0.1, -0.05) is 0 Å². The fraction of sp³-hybridized carbons (Fsp3) is 0.667. The number of hydrogen-bond acceptors (Lipinski definition) is 4. The van der Waals surface area contributed by atoms with Crippen LogP contribution in [0.25, 0.3) is 0 Å². The number of rotatable bonds is 2. The minimum Gasteiger partial charge on any atom is -0.400 e. The number of hydrogen-bond donors (Lipinski definition) is 2. The second-order valence-electron chi connectivity index (χ2n) is 3.75. The van der Waals surface area contributed by atoms with Crippen molar-refractivity contribution < 1.29 is 4.74 Å². The Hall–Kier alpha value is -0.870. The first kappa shape index (κ1) is 8.72. The van der Waals surface area contributed by atoms with Crippen LogP contribution in [0.3, 0.4) is 0 Å². The molecule has 2 unspecified atom stereocenters. The monoisotopic (exact) mass is 181 g/mol. The van der Waals surface area contributed by atoms with E-state index in [4.69, 9.17) is 16.2 Å². The Morgan fingerprint density at radius 1 is 1.69 bits per heavy atom. The van der Waals surface area contributed by atoms with Crippen LogP contribution >= 0.6 is 0 Å². The van der Waals surface area contributed by atoms with Crippen LogP contribution in [0, 0.1) is 0 Å². The van der Waals surface area contributed by atoms with Crippen LogP contribution in [-0.4, -0.2) is 31.0 Å². The van der Waals surface area contributed by atoms with Gasteiger partial charge in [-0.2, -0.15) is 0 Å². The van der Waals surface area contributed by atoms with Crippen LogP contribution in [0.15, 0.2) is 16.8 Å². The van der Waals surface area contributed by atoms with Gasteiger partial charge in [-0.15, -0.1) is 0 Å². The molecule has 2 aliphatic heterocycles. The molecule has 0 aromatic heterocycles. The predicted octanol–water partition coefficient (Wildman–Crippen LogP) is -0.210. The zero-order chi connectivity index (χ0) is 9.31. The summed E-state index contributed by atoms with van der Waals surface area (Å²) in [6, 6.07) is 0. The molecule has 4 N–H and O–H groups in total. The molecule has 0 radical (unpaired) electrons. The summed E-state index contributed by atoms with van der Waals surface area (Å²) in [4.78, 5) is 4.13. The molecule has 2 aliphatic rings. The minimum atomic E-state index is -0.472. The fourth-order valence-electron chi connectivity index (χ4n) is 1.64. The van der Waals surface area contributed by atoms with Crippen LogP contribution in [0.4, 0.5) is 0 Å². The Labute approximate surface area is 77.6 Å². The molecule has 2 heterocycles. The maximum atomic E-state index is 6.13. The van der Waals surface area contributed by atoms with Gasteiger partial charge in [-0.05, 0) is 18.9 Å². The molecule has 1 saturated heterocycles. The van der Waals surface area contributed by atoms with E-state index in [2.05, 4.69) is 4.99 Å². The molecule has 72 valence electrons. The van der Waals surface area contributed by atoms with E-state index in [9.17, 15) is 0 Å². The average Bonchev–Trinajstić information content (AvgIpc) is 2.04. The molecule has 4 nitrogen and oxygen atoms in total. The lowest BCUT2D eigenvalue weighted by molar-refractivity contribution is -0.0625. The van der Waals surface area contributed by atoms with Crippen LogP contribution in [0.5, 0.6) is 0 Å². The molecule has 0 amide bonds. The van der Waals surface area contributed by atoms with Crippen molar-refractivity contribution in [3.05, 3.63) is 11.8 Å². The highest BCUT2D eigenvalue weighted by Crippen LogP contribution is 2.25. The number of allylic oxidation sites excluding steroid dienone is 1. The lowest BCUT2D eigenvalue weighted by Gasteiger charge is -2.37. The standard InChI is InChI=1S/C9H15N3O/c10-8-1-3-12-6-9(8,11)5-7-2-4-13-7/h1,3,7H,2,4-6,10-11H2. The van der Waals surface area contributed by atoms with Gasteiger partial charge in [0.1, 0.15) is 0 Å². The first-order valence-corrected chi connectivity index (χ1v) is 4.57. The van der Waals surface area contributed by atoms with Crippen molar-refractivity contribution in [2.24, 2.45) is 16.5 Å².